The molecule has 1 fully saturated rings. The number of aromatic nitrogens is 2. The van der Waals surface area contributed by atoms with E-state index in [-0.39, 0.29) is 35.9 Å². The Kier molecular flexibility index (Phi) is 6.31. The molecule has 10 heteroatoms. The number of nitrogens with zero attached hydrogens (tertiary/aromatic N) is 3. The fourth-order valence-electron chi connectivity index (χ4n) is 3.11. The second-order valence-electron chi connectivity index (χ2n) is 6.96. The van der Waals surface area contributed by atoms with Crippen molar-refractivity contribution in [2.24, 2.45) is 0 Å². The molecule has 3 aromatic rings. The molecular weight excluding hydrogens is 430 g/mol. The van der Waals surface area contributed by atoms with Crippen LogP contribution >= 0.6 is 11.8 Å². The second kappa shape index (κ2) is 9.48. The first-order valence-electron chi connectivity index (χ1n) is 9.74. The van der Waals surface area contributed by atoms with E-state index >= 15 is 0 Å². The molecule has 1 saturated heterocycles. The first-order valence-corrected chi connectivity index (χ1v) is 10.7. The highest BCUT2D eigenvalue weighted by Crippen LogP contribution is 2.21. The lowest BCUT2D eigenvalue weighted by molar-refractivity contribution is -0.125. The Morgan fingerprint density at radius 2 is 1.88 bits per heavy atom. The third kappa shape index (κ3) is 5.03. The van der Waals surface area contributed by atoms with Crippen molar-refractivity contribution in [1.82, 2.24) is 20.0 Å². The van der Waals surface area contributed by atoms with Crippen LogP contribution in [-0.2, 0) is 16.1 Å². The first-order chi connectivity index (χ1) is 15.5. The summed E-state index contributed by atoms with van der Waals surface area (Å²) in [4.78, 5) is 49.3. The molecule has 162 valence electrons. The standard InChI is InChI=1S/C22H19N5O4S/c28-19(25-17-5-7-18(8-6-17)27-10-2-9-24-27)12-23-21(30)16-4-1-3-15(11-16)13-26-20(29)14-32-22(26)31/h1-11H,12-14H2,(H,23,30)(H,25,28). The summed E-state index contributed by atoms with van der Waals surface area (Å²) < 4.78 is 1.70. The number of hydrogen-bond acceptors (Lipinski definition) is 6. The molecular formula is C22H19N5O4S. The van der Waals surface area contributed by atoms with E-state index in [2.05, 4.69) is 15.7 Å². The van der Waals surface area contributed by atoms with Gasteiger partial charge in [-0.2, -0.15) is 5.10 Å². The summed E-state index contributed by atoms with van der Waals surface area (Å²) in [5.41, 5.74) is 2.45. The summed E-state index contributed by atoms with van der Waals surface area (Å²) in [5.74, 6) is -0.902. The molecule has 0 radical (unpaired) electrons. The van der Waals surface area contributed by atoms with Crippen molar-refractivity contribution in [3.8, 4) is 5.69 Å². The van der Waals surface area contributed by atoms with Gasteiger partial charge in [0.25, 0.3) is 11.1 Å². The average molecular weight is 449 g/mol. The number of anilines is 1. The smallest absolute Gasteiger partial charge is 0.289 e. The highest BCUT2D eigenvalue weighted by molar-refractivity contribution is 8.14. The zero-order valence-corrected chi connectivity index (χ0v) is 17.7. The number of rotatable bonds is 7. The van der Waals surface area contributed by atoms with E-state index in [1.165, 1.54) is 0 Å². The van der Waals surface area contributed by atoms with E-state index in [1.54, 1.807) is 47.3 Å². The Morgan fingerprint density at radius 3 is 2.56 bits per heavy atom. The maximum Gasteiger partial charge on any atom is 0.289 e. The molecule has 2 aromatic carbocycles. The molecule has 0 unspecified atom stereocenters. The molecule has 0 spiro atoms. The molecule has 4 amide bonds. The molecule has 0 bridgehead atoms. The summed E-state index contributed by atoms with van der Waals surface area (Å²) >= 11 is 0.965. The topological polar surface area (TPSA) is 113 Å². The molecule has 0 saturated carbocycles. The minimum Gasteiger partial charge on any atom is -0.343 e. The Labute approximate surface area is 187 Å². The van der Waals surface area contributed by atoms with E-state index < -0.39 is 5.91 Å². The van der Waals surface area contributed by atoms with E-state index in [0.717, 1.165) is 22.3 Å². The van der Waals surface area contributed by atoms with Gasteiger partial charge in [-0.05, 0) is 48.0 Å². The summed E-state index contributed by atoms with van der Waals surface area (Å²) in [5, 5.41) is 9.15. The molecule has 0 aliphatic carbocycles. The number of carbonyl (C=O) groups is 4. The van der Waals surface area contributed by atoms with Gasteiger partial charge < -0.3 is 10.6 Å². The molecule has 2 heterocycles. The lowest BCUT2D eigenvalue weighted by Gasteiger charge is -2.13. The van der Waals surface area contributed by atoms with Gasteiger partial charge in [0.15, 0.2) is 0 Å². The van der Waals surface area contributed by atoms with Gasteiger partial charge in [0.05, 0.1) is 24.5 Å². The lowest BCUT2D eigenvalue weighted by Crippen LogP contribution is -2.33. The second-order valence-corrected chi connectivity index (χ2v) is 7.89. The van der Waals surface area contributed by atoms with Crippen LogP contribution in [0.4, 0.5) is 10.5 Å². The third-order valence-corrected chi connectivity index (χ3v) is 5.56. The molecule has 4 rings (SSSR count). The van der Waals surface area contributed by atoms with E-state index in [0.29, 0.717) is 16.8 Å². The monoisotopic (exact) mass is 449 g/mol. The van der Waals surface area contributed by atoms with Gasteiger partial charge in [0.2, 0.25) is 11.8 Å². The van der Waals surface area contributed by atoms with Gasteiger partial charge in [-0.1, -0.05) is 23.9 Å². The van der Waals surface area contributed by atoms with Crippen molar-refractivity contribution in [3.05, 3.63) is 78.1 Å². The van der Waals surface area contributed by atoms with Gasteiger partial charge in [-0.15, -0.1) is 0 Å². The minimum absolute atomic E-state index is 0.112. The average Bonchev–Trinajstić information content (AvgIpc) is 3.44. The van der Waals surface area contributed by atoms with E-state index in [9.17, 15) is 19.2 Å². The Bertz CT molecular complexity index is 1150. The quantitative estimate of drug-likeness (QED) is 0.573. The number of hydrogen-bond donors (Lipinski definition) is 2. The maximum absolute atomic E-state index is 12.4. The highest BCUT2D eigenvalue weighted by Gasteiger charge is 2.29. The third-order valence-electron chi connectivity index (χ3n) is 4.70. The van der Waals surface area contributed by atoms with Crippen molar-refractivity contribution >= 4 is 40.4 Å². The van der Waals surface area contributed by atoms with Crippen molar-refractivity contribution < 1.29 is 19.2 Å². The Hall–Kier alpha value is -3.92. The molecule has 1 aliphatic rings. The summed E-state index contributed by atoms with van der Waals surface area (Å²) in [7, 11) is 0. The van der Waals surface area contributed by atoms with Gasteiger partial charge in [0.1, 0.15) is 0 Å². The summed E-state index contributed by atoms with van der Waals surface area (Å²) in [6.07, 6.45) is 3.50. The van der Waals surface area contributed by atoms with Crippen LogP contribution in [0.1, 0.15) is 15.9 Å². The SMILES string of the molecule is O=C(CNC(=O)c1cccc(CN2C(=O)CSC2=O)c1)Nc1ccc(-n2cccn2)cc1. The largest absolute Gasteiger partial charge is 0.343 e. The van der Waals surface area contributed by atoms with Crippen LogP contribution in [0.2, 0.25) is 0 Å². The predicted octanol–water partition coefficient (Wildman–Crippen LogP) is 2.44. The number of amides is 4. The molecule has 2 N–H and O–H groups in total. The summed E-state index contributed by atoms with van der Waals surface area (Å²) in [6, 6.07) is 15.6. The van der Waals surface area contributed by atoms with Crippen LogP contribution in [0.5, 0.6) is 0 Å². The van der Waals surface area contributed by atoms with Gasteiger partial charge in [-0.3, -0.25) is 24.1 Å². The molecule has 0 atom stereocenters. The highest BCUT2D eigenvalue weighted by atomic mass is 32.2. The van der Waals surface area contributed by atoms with Crippen molar-refractivity contribution in [1.29, 1.82) is 0 Å². The number of carbonyl (C=O) groups excluding carboxylic acids is 4. The van der Waals surface area contributed by atoms with Crippen molar-refractivity contribution in [2.45, 2.75) is 6.54 Å². The number of imide groups is 1. The van der Waals surface area contributed by atoms with Gasteiger partial charge in [0, 0.05) is 23.6 Å². The summed E-state index contributed by atoms with van der Waals surface area (Å²) in [6.45, 7) is -0.0928. The normalized spacial score (nSPS) is 13.3. The van der Waals surface area contributed by atoms with Crippen LogP contribution in [-0.4, -0.2) is 49.9 Å². The van der Waals surface area contributed by atoms with Crippen LogP contribution in [0.15, 0.2) is 67.0 Å². The fraction of sp³-hybridized carbons (Fsp3) is 0.136. The zero-order chi connectivity index (χ0) is 22.5. The van der Waals surface area contributed by atoms with Crippen LogP contribution < -0.4 is 10.6 Å². The van der Waals surface area contributed by atoms with Crippen LogP contribution in [0.25, 0.3) is 5.69 Å². The maximum atomic E-state index is 12.4. The number of thioether (sulfide) groups is 1. The molecule has 1 aromatic heterocycles. The molecule has 1 aliphatic heterocycles. The Morgan fingerprint density at radius 1 is 1.06 bits per heavy atom. The molecule has 9 nitrogen and oxygen atoms in total. The van der Waals surface area contributed by atoms with E-state index in [1.807, 2.05) is 24.4 Å². The minimum atomic E-state index is -0.426. The van der Waals surface area contributed by atoms with E-state index in [4.69, 9.17) is 0 Å². The van der Waals surface area contributed by atoms with Crippen molar-refractivity contribution in [2.75, 3.05) is 17.6 Å². The first kappa shape index (κ1) is 21.3. The number of nitrogens with one attached hydrogen (secondary N) is 2. The number of benzene rings is 2. The van der Waals surface area contributed by atoms with Gasteiger partial charge >= 0.3 is 0 Å². The molecule has 32 heavy (non-hydrogen) atoms. The predicted molar refractivity (Wildman–Crippen MR) is 119 cm³/mol. The fourth-order valence-corrected chi connectivity index (χ4v) is 3.84. The lowest BCUT2D eigenvalue weighted by atomic mass is 10.1. The Balaban J connectivity index is 1.30. The zero-order valence-electron chi connectivity index (χ0n) is 16.9. The van der Waals surface area contributed by atoms with Crippen molar-refractivity contribution in [3.63, 3.8) is 0 Å². The van der Waals surface area contributed by atoms with Gasteiger partial charge in [-0.25, -0.2) is 4.68 Å². The van der Waals surface area contributed by atoms with Crippen LogP contribution in [0, 0.1) is 0 Å². The van der Waals surface area contributed by atoms with Crippen LogP contribution in [0.3, 0.4) is 0 Å².